The average molecular weight is 172 g/mol. The highest BCUT2D eigenvalue weighted by molar-refractivity contribution is 6.08. The van der Waals surface area contributed by atoms with Crippen molar-refractivity contribution in [3.05, 3.63) is 0 Å². The summed E-state index contributed by atoms with van der Waals surface area (Å²) in [6.07, 6.45) is 0. The summed E-state index contributed by atoms with van der Waals surface area (Å²) >= 11 is 0. The lowest BCUT2D eigenvalue weighted by Crippen LogP contribution is -2.54. The third-order valence-corrected chi connectivity index (χ3v) is 2.02. The van der Waals surface area contributed by atoms with E-state index >= 15 is 0 Å². The van der Waals surface area contributed by atoms with Gasteiger partial charge in [-0.05, 0) is 13.8 Å². The Morgan fingerprint density at radius 2 is 1.75 bits per heavy atom. The zero-order valence-corrected chi connectivity index (χ0v) is 7.25. The van der Waals surface area contributed by atoms with E-state index in [1.807, 2.05) is 0 Å². The molecule has 1 aliphatic heterocycles. The third-order valence-electron chi connectivity index (χ3n) is 2.02. The number of hydrogen-bond acceptors (Lipinski definition) is 4. The fraction of sp³-hybridized carbons (Fsp3) is 0.750. The summed E-state index contributed by atoms with van der Waals surface area (Å²) in [5, 5.41) is 0. The van der Waals surface area contributed by atoms with Gasteiger partial charge in [0.15, 0.2) is 11.6 Å². The van der Waals surface area contributed by atoms with E-state index in [0.717, 1.165) is 0 Å². The van der Waals surface area contributed by atoms with E-state index in [2.05, 4.69) is 0 Å². The molecular weight excluding hydrogens is 160 g/mol. The van der Waals surface area contributed by atoms with Crippen molar-refractivity contribution in [2.75, 3.05) is 19.8 Å². The van der Waals surface area contributed by atoms with E-state index in [1.165, 1.54) is 13.8 Å². The molecule has 1 rings (SSSR count). The normalized spacial score (nSPS) is 21.8. The van der Waals surface area contributed by atoms with Gasteiger partial charge < -0.3 is 9.47 Å². The third kappa shape index (κ3) is 1.40. The van der Waals surface area contributed by atoms with Crippen LogP contribution in [0.2, 0.25) is 0 Å². The minimum Gasteiger partial charge on any atom is -0.375 e. The summed E-state index contributed by atoms with van der Waals surface area (Å²) in [5.41, 5.74) is -1.32. The minimum absolute atomic E-state index is 0.0532. The second kappa shape index (κ2) is 3.33. The van der Waals surface area contributed by atoms with Gasteiger partial charge in [0.25, 0.3) is 0 Å². The number of ketones is 2. The van der Waals surface area contributed by atoms with Crippen LogP contribution < -0.4 is 0 Å². The highest BCUT2D eigenvalue weighted by Crippen LogP contribution is 2.18. The van der Waals surface area contributed by atoms with E-state index in [9.17, 15) is 9.59 Å². The Kier molecular flexibility index (Phi) is 2.59. The lowest BCUT2D eigenvalue weighted by Gasteiger charge is -2.32. The van der Waals surface area contributed by atoms with Crippen LogP contribution in [0.1, 0.15) is 13.8 Å². The number of rotatable bonds is 2. The Morgan fingerprint density at radius 1 is 1.17 bits per heavy atom. The van der Waals surface area contributed by atoms with Crippen molar-refractivity contribution in [2.45, 2.75) is 19.4 Å². The summed E-state index contributed by atoms with van der Waals surface area (Å²) in [6.45, 7) is 3.49. The van der Waals surface area contributed by atoms with Crippen LogP contribution in [0.15, 0.2) is 0 Å². The van der Waals surface area contributed by atoms with Crippen molar-refractivity contribution in [1.82, 2.24) is 0 Å². The molecule has 0 amide bonds. The fourth-order valence-electron chi connectivity index (χ4n) is 1.19. The average Bonchev–Trinajstić information content (AvgIpc) is 2.05. The van der Waals surface area contributed by atoms with Crippen LogP contribution in [0, 0.1) is 0 Å². The quantitative estimate of drug-likeness (QED) is 0.548. The summed E-state index contributed by atoms with van der Waals surface area (Å²) < 4.78 is 10.2. The Morgan fingerprint density at radius 3 is 2.00 bits per heavy atom. The number of carbonyl (C=O) groups is 2. The molecule has 0 aromatic heterocycles. The van der Waals surface area contributed by atoms with Gasteiger partial charge in [0, 0.05) is 0 Å². The number of carbonyl (C=O) groups excluding carboxylic acids is 2. The fourth-order valence-corrected chi connectivity index (χ4v) is 1.19. The van der Waals surface area contributed by atoms with Crippen molar-refractivity contribution >= 4 is 11.6 Å². The van der Waals surface area contributed by atoms with E-state index < -0.39 is 5.60 Å². The second-order valence-electron chi connectivity index (χ2n) is 2.84. The summed E-state index contributed by atoms with van der Waals surface area (Å²) in [4.78, 5) is 22.3. The van der Waals surface area contributed by atoms with E-state index in [4.69, 9.17) is 9.47 Å². The number of Topliss-reactive ketones (excluding diaryl/α,β-unsaturated/α-hetero) is 2. The molecule has 12 heavy (non-hydrogen) atoms. The smallest absolute Gasteiger partial charge is 0.206 e. The van der Waals surface area contributed by atoms with E-state index in [-0.39, 0.29) is 18.2 Å². The molecule has 68 valence electrons. The van der Waals surface area contributed by atoms with Gasteiger partial charge in [-0.25, -0.2) is 0 Å². The standard InChI is InChI=1S/C8H12O4/c1-6(9)8(7(2)10)5-11-3-4-12-8/h3-5H2,1-2H3. The molecular formula is C8H12O4. The first-order valence-corrected chi connectivity index (χ1v) is 3.83. The molecule has 1 saturated heterocycles. The van der Waals surface area contributed by atoms with Crippen LogP contribution >= 0.6 is 0 Å². The summed E-state index contributed by atoms with van der Waals surface area (Å²) in [7, 11) is 0. The largest absolute Gasteiger partial charge is 0.375 e. The Bertz CT molecular complexity index is 187. The van der Waals surface area contributed by atoms with Crippen molar-refractivity contribution in [2.24, 2.45) is 0 Å². The molecule has 1 heterocycles. The zero-order chi connectivity index (χ0) is 9.19. The molecule has 0 atom stereocenters. The van der Waals surface area contributed by atoms with Gasteiger partial charge in [-0.1, -0.05) is 0 Å². The topological polar surface area (TPSA) is 52.6 Å². The second-order valence-corrected chi connectivity index (χ2v) is 2.84. The van der Waals surface area contributed by atoms with Crippen LogP contribution in [0.4, 0.5) is 0 Å². The van der Waals surface area contributed by atoms with Crippen LogP contribution in [-0.4, -0.2) is 37.0 Å². The molecule has 0 unspecified atom stereocenters. The van der Waals surface area contributed by atoms with Crippen molar-refractivity contribution in [1.29, 1.82) is 0 Å². The Hall–Kier alpha value is -0.740. The first kappa shape index (κ1) is 9.35. The van der Waals surface area contributed by atoms with Gasteiger partial charge >= 0.3 is 0 Å². The van der Waals surface area contributed by atoms with Crippen molar-refractivity contribution < 1.29 is 19.1 Å². The van der Waals surface area contributed by atoms with Gasteiger partial charge in [-0.2, -0.15) is 0 Å². The van der Waals surface area contributed by atoms with Gasteiger partial charge in [0.05, 0.1) is 19.8 Å². The molecule has 1 fully saturated rings. The molecule has 0 aromatic rings. The molecule has 0 spiro atoms. The van der Waals surface area contributed by atoms with E-state index in [1.54, 1.807) is 0 Å². The van der Waals surface area contributed by atoms with Crippen molar-refractivity contribution in [3.8, 4) is 0 Å². The monoisotopic (exact) mass is 172 g/mol. The van der Waals surface area contributed by atoms with Crippen LogP contribution in [-0.2, 0) is 19.1 Å². The minimum atomic E-state index is -1.32. The molecule has 0 aromatic carbocycles. The molecule has 0 saturated carbocycles. The van der Waals surface area contributed by atoms with Crippen molar-refractivity contribution in [3.63, 3.8) is 0 Å². The molecule has 1 aliphatic rings. The number of hydrogen-bond donors (Lipinski definition) is 0. The molecule has 0 N–H and O–H groups in total. The van der Waals surface area contributed by atoms with E-state index in [0.29, 0.717) is 13.2 Å². The zero-order valence-electron chi connectivity index (χ0n) is 7.25. The van der Waals surface area contributed by atoms with Crippen LogP contribution in [0.5, 0.6) is 0 Å². The maximum absolute atomic E-state index is 11.1. The van der Waals surface area contributed by atoms with Crippen LogP contribution in [0.25, 0.3) is 0 Å². The first-order valence-electron chi connectivity index (χ1n) is 3.83. The first-order chi connectivity index (χ1) is 5.59. The predicted octanol–water partition coefficient (Wildman–Crippen LogP) is -0.0500. The Labute approximate surface area is 70.8 Å². The molecule has 0 bridgehead atoms. The molecule has 4 heteroatoms. The molecule has 0 radical (unpaired) electrons. The SMILES string of the molecule is CC(=O)C1(C(C)=O)COCCO1. The lowest BCUT2D eigenvalue weighted by atomic mass is 9.95. The molecule has 0 aliphatic carbocycles. The van der Waals surface area contributed by atoms with Gasteiger partial charge in [0.1, 0.15) is 0 Å². The van der Waals surface area contributed by atoms with Gasteiger partial charge in [-0.15, -0.1) is 0 Å². The summed E-state index contributed by atoms with van der Waals surface area (Å²) in [6, 6.07) is 0. The number of ether oxygens (including phenoxy) is 2. The maximum Gasteiger partial charge on any atom is 0.206 e. The maximum atomic E-state index is 11.1. The van der Waals surface area contributed by atoms with Gasteiger partial charge in [-0.3, -0.25) is 9.59 Å². The summed E-state index contributed by atoms with van der Waals surface area (Å²) in [5.74, 6) is -0.565. The molecule has 4 nitrogen and oxygen atoms in total. The highest BCUT2D eigenvalue weighted by atomic mass is 16.6. The highest BCUT2D eigenvalue weighted by Gasteiger charge is 2.43. The van der Waals surface area contributed by atoms with Crippen LogP contribution in [0.3, 0.4) is 0 Å². The predicted molar refractivity (Wildman–Crippen MR) is 40.9 cm³/mol. The lowest BCUT2D eigenvalue weighted by molar-refractivity contribution is -0.180. The van der Waals surface area contributed by atoms with Gasteiger partial charge in [0.2, 0.25) is 5.60 Å². The Balaban J connectivity index is 2.84.